The molecule has 0 aliphatic carbocycles. The van der Waals surface area contributed by atoms with Crippen LogP contribution in [-0.2, 0) is 11.2 Å². The number of aliphatic hydroxyl groups excluding tert-OH is 3. The Balaban J connectivity index is 1.56. The number of anilines is 2. The summed E-state index contributed by atoms with van der Waals surface area (Å²) in [6.07, 6.45) is -2.27. The Hall–Kier alpha value is -2.50. The van der Waals surface area contributed by atoms with E-state index in [1.54, 1.807) is 0 Å². The van der Waals surface area contributed by atoms with Gasteiger partial charge in [0.2, 0.25) is 5.95 Å². The predicted molar refractivity (Wildman–Crippen MR) is 106 cm³/mol. The lowest BCUT2D eigenvalue weighted by atomic mass is 10.1. The summed E-state index contributed by atoms with van der Waals surface area (Å²) in [6, 6.07) is 7.56. The molecule has 11 heteroatoms. The number of nitrogens with one attached hydrogen (secondary N) is 1. The van der Waals surface area contributed by atoms with Crippen molar-refractivity contribution in [2.45, 2.75) is 31.0 Å². The molecule has 154 valence electrons. The van der Waals surface area contributed by atoms with Crippen LogP contribution < -0.4 is 11.1 Å². The zero-order valence-corrected chi connectivity index (χ0v) is 16.1. The molecule has 2 aromatic heterocycles. The number of imidazole rings is 1. The summed E-state index contributed by atoms with van der Waals surface area (Å²) in [5, 5.41) is 33.4. The molecule has 4 atom stereocenters. The molecule has 1 saturated heterocycles. The van der Waals surface area contributed by atoms with E-state index in [1.165, 1.54) is 10.9 Å². The van der Waals surface area contributed by atoms with Crippen molar-refractivity contribution in [3.8, 4) is 0 Å². The van der Waals surface area contributed by atoms with E-state index in [0.717, 1.165) is 5.56 Å². The lowest BCUT2D eigenvalue weighted by Crippen LogP contribution is -2.33. The first kappa shape index (κ1) is 19.8. The quantitative estimate of drug-likeness (QED) is 0.379. The van der Waals surface area contributed by atoms with E-state index in [1.807, 2.05) is 24.3 Å². The molecule has 0 spiro atoms. The molecule has 1 aliphatic rings. The first-order valence-electron chi connectivity index (χ1n) is 9.09. The van der Waals surface area contributed by atoms with Crippen LogP contribution in [-0.4, -0.2) is 66.3 Å². The van der Waals surface area contributed by atoms with Gasteiger partial charge in [-0.3, -0.25) is 4.57 Å². The van der Waals surface area contributed by atoms with Gasteiger partial charge in [-0.2, -0.15) is 9.97 Å². The topological polar surface area (TPSA) is 152 Å². The van der Waals surface area contributed by atoms with Crippen LogP contribution in [0.4, 0.5) is 11.8 Å². The van der Waals surface area contributed by atoms with Gasteiger partial charge in [-0.1, -0.05) is 29.8 Å². The summed E-state index contributed by atoms with van der Waals surface area (Å²) in [5.41, 5.74) is 7.69. The summed E-state index contributed by atoms with van der Waals surface area (Å²) < 4.78 is 7.02. The maximum Gasteiger partial charge on any atom is 0.226 e. The molecule has 1 fully saturated rings. The van der Waals surface area contributed by atoms with Crippen LogP contribution in [0.5, 0.6) is 0 Å². The van der Waals surface area contributed by atoms with Crippen molar-refractivity contribution in [3.05, 3.63) is 41.2 Å². The van der Waals surface area contributed by atoms with Crippen molar-refractivity contribution >= 4 is 34.5 Å². The van der Waals surface area contributed by atoms with Crippen molar-refractivity contribution in [2.24, 2.45) is 0 Å². The van der Waals surface area contributed by atoms with Crippen molar-refractivity contribution in [1.29, 1.82) is 0 Å². The fourth-order valence-corrected chi connectivity index (χ4v) is 3.55. The van der Waals surface area contributed by atoms with Gasteiger partial charge in [-0.05, 0) is 18.1 Å². The van der Waals surface area contributed by atoms with Crippen LogP contribution in [0.3, 0.4) is 0 Å². The number of nitrogens with two attached hydrogens (primary N) is 1. The van der Waals surface area contributed by atoms with Gasteiger partial charge < -0.3 is 31.1 Å². The summed E-state index contributed by atoms with van der Waals surface area (Å²) in [5.74, 6) is 0.455. The lowest BCUT2D eigenvalue weighted by Gasteiger charge is -2.17. The molecule has 0 radical (unpaired) electrons. The highest BCUT2D eigenvalue weighted by Gasteiger charge is 2.44. The van der Waals surface area contributed by atoms with E-state index in [4.69, 9.17) is 22.1 Å². The fraction of sp³-hybridized carbons (Fsp3) is 0.389. The number of ether oxygens (including phenoxy) is 1. The molecule has 4 rings (SSSR count). The number of nitrogen functional groups attached to an aromatic ring is 1. The zero-order chi connectivity index (χ0) is 20.5. The molecule has 3 aromatic rings. The Bertz CT molecular complexity index is 1020. The minimum atomic E-state index is -1.25. The van der Waals surface area contributed by atoms with Crippen molar-refractivity contribution < 1.29 is 20.1 Å². The standard InChI is InChI=1S/C18H21ClN6O4/c19-10-4-2-1-3-9(10)5-6-21-18-23-15(20)12-16(24-18)25(8-22-12)17-14(28)13(27)11(7-26)29-17/h1-4,8,11,13-14,17,26-28H,5-7H2,(H3,20,21,23,24)/t11-,13-,14-,17?/m1/s1. The van der Waals surface area contributed by atoms with Crippen molar-refractivity contribution in [3.63, 3.8) is 0 Å². The zero-order valence-electron chi connectivity index (χ0n) is 15.3. The van der Waals surface area contributed by atoms with Gasteiger partial charge in [0.25, 0.3) is 0 Å². The number of benzene rings is 1. The Morgan fingerprint density at radius 1 is 1.21 bits per heavy atom. The molecular weight excluding hydrogens is 400 g/mol. The Morgan fingerprint density at radius 3 is 2.72 bits per heavy atom. The third kappa shape index (κ3) is 3.72. The number of nitrogens with zero attached hydrogens (tertiary/aromatic N) is 4. The fourth-order valence-electron chi connectivity index (χ4n) is 3.32. The second kappa shape index (κ2) is 8.09. The molecule has 0 saturated carbocycles. The average Bonchev–Trinajstić information content (AvgIpc) is 3.25. The van der Waals surface area contributed by atoms with E-state index in [-0.39, 0.29) is 11.8 Å². The van der Waals surface area contributed by atoms with E-state index < -0.39 is 31.1 Å². The SMILES string of the molecule is Nc1nc(NCCc2ccccc2Cl)nc2c1ncn2C1O[C@H](CO)[C@@H](O)[C@H]1O. The molecular formula is C18H21ClN6O4. The highest BCUT2D eigenvalue weighted by Crippen LogP contribution is 2.32. The molecule has 10 nitrogen and oxygen atoms in total. The lowest BCUT2D eigenvalue weighted by molar-refractivity contribution is -0.0511. The number of hydrogen-bond acceptors (Lipinski definition) is 9. The largest absolute Gasteiger partial charge is 0.394 e. The summed E-state index contributed by atoms with van der Waals surface area (Å²) >= 11 is 6.17. The average molecular weight is 421 g/mol. The normalized spacial score (nSPS) is 24.3. The molecule has 29 heavy (non-hydrogen) atoms. The molecule has 1 aromatic carbocycles. The number of rotatable bonds is 6. The number of hydrogen-bond donors (Lipinski definition) is 5. The molecule has 3 heterocycles. The van der Waals surface area contributed by atoms with Gasteiger partial charge >= 0.3 is 0 Å². The van der Waals surface area contributed by atoms with Crippen molar-refractivity contribution in [1.82, 2.24) is 19.5 Å². The van der Waals surface area contributed by atoms with Gasteiger partial charge in [-0.15, -0.1) is 0 Å². The second-order valence-corrected chi connectivity index (χ2v) is 7.16. The molecule has 6 N–H and O–H groups in total. The molecule has 0 amide bonds. The van der Waals surface area contributed by atoms with Gasteiger partial charge in [0, 0.05) is 11.6 Å². The van der Waals surface area contributed by atoms with Gasteiger partial charge in [-0.25, -0.2) is 4.98 Å². The van der Waals surface area contributed by atoms with E-state index in [9.17, 15) is 15.3 Å². The second-order valence-electron chi connectivity index (χ2n) is 6.75. The Kier molecular flexibility index (Phi) is 5.52. The summed E-state index contributed by atoms with van der Waals surface area (Å²) in [6.45, 7) is 0.101. The monoisotopic (exact) mass is 420 g/mol. The molecule has 1 aliphatic heterocycles. The third-order valence-corrected chi connectivity index (χ3v) is 5.24. The minimum absolute atomic E-state index is 0.167. The molecule has 0 bridgehead atoms. The van der Waals surface area contributed by atoms with E-state index in [0.29, 0.717) is 29.2 Å². The number of halogens is 1. The first-order valence-corrected chi connectivity index (χ1v) is 9.47. The first-order chi connectivity index (χ1) is 14.0. The minimum Gasteiger partial charge on any atom is -0.394 e. The van der Waals surface area contributed by atoms with E-state index in [2.05, 4.69) is 20.3 Å². The number of aromatic nitrogens is 4. The van der Waals surface area contributed by atoms with Crippen LogP contribution in [0.15, 0.2) is 30.6 Å². The third-order valence-electron chi connectivity index (χ3n) is 4.87. The predicted octanol–water partition coefficient (Wildman–Crippen LogP) is 0.328. The smallest absolute Gasteiger partial charge is 0.226 e. The van der Waals surface area contributed by atoms with Gasteiger partial charge in [0.1, 0.15) is 23.8 Å². The molecule has 1 unspecified atom stereocenters. The number of fused-ring (bicyclic) bond motifs is 1. The van der Waals surface area contributed by atoms with Crippen LogP contribution in [0, 0.1) is 0 Å². The Labute approximate surface area is 170 Å². The van der Waals surface area contributed by atoms with Crippen LogP contribution in [0.2, 0.25) is 5.02 Å². The highest BCUT2D eigenvalue weighted by molar-refractivity contribution is 6.31. The maximum atomic E-state index is 10.3. The van der Waals surface area contributed by atoms with E-state index >= 15 is 0 Å². The van der Waals surface area contributed by atoms with Gasteiger partial charge in [0.15, 0.2) is 17.7 Å². The van der Waals surface area contributed by atoms with Crippen LogP contribution in [0.25, 0.3) is 11.2 Å². The van der Waals surface area contributed by atoms with Crippen LogP contribution >= 0.6 is 11.6 Å². The summed E-state index contributed by atoms with van der Waals surface area (Å²) in [4.78, 5) is 12.8. The number of aliphatic hydroxyl groups is 3. The van der Waals surface area contributed by atoms with Crippen molar-refractivity contribution in [2.75, 3.05) is 24.2 Å². The maximum absolute atomic E-state index is 10.3. The summed E-state index contributed by atoms with van der Waals surface area (Å²) in [7, 11) is 0. The van der Waals surface area contributed by atoms with Gasteiger partial charge in [0.05, 0.1) is 12.9 Å². The highest BCUT2D eigenvalue weighted by atomic mass is 35.5. The Morgan fingerprint density at radius 2 is 2.00 bits per heavy atom. The van der Waals surface area contributed by atoms with Crippen LogP contribution in [0.1, 0.15) is 11.8 Å².